The fourth-order valence-electron chi connectivity index (χ4n) is 3.46. The number of hydrogen-bond donors (Lipinski definition) is 4. The molecule has 9 heteroatoms. The molecule has 0 aliphatic rings. The lowest BCUT2D eigenvalue weighted by molar-refractivity contribution is -0.139. The molecule has 2 atom stereocenters. The number of para-hydroxylation sites is 2. The molecular formula is C25H33N3O6. The van der Waals surface area contributed by atoms with E-state index in [1.54, 1.807) is 32.9 Å². The SMILES string of the molecule is Cc1cccc(C)c1NC(=O)C(c1ccccc1O)N(C)C(=O)C(CO)NC(=O)OC(C)(C)C. The number of alkyl carbamates (subject to hydrolysis) is 1. The number of aromatic hydroxyl groups is 1. The van der Waals surface area contributed by atoms with Crippen molar-refractivity contribution in [1.82, 2.24) is 10.2 Å². The van der Waals surface area contributed by atoms with Crippen LogP contribution in [-0.2, 0) is 14.3 Å². The predicted octanol–water partition coefficient (Wildman–Crippen LogP) is 3.03. The van der Waals surface area contributed by atoms with Gasteiger partial charge in [-0.25, -0.2) is 4.79 Å². The van der Waals surface area contributed by atoms with Crippen molar-refractivity contribution in [1.29, 1.82) is 0 Å². The number of benzene rings is 2. The molecule has 0 saturated heterocycles. The van der Waals surface area contributed by atoms with Gasteiger partial charge in [-0.3, -0.25) is 9.59 Å². The van der Waals surface area contributed by atoms with E-state index in [1.165, 1.54) is 19.2 Å². The van der Waals surface area contributed by atoms with Crippen LogP contribution in [-0.4, -0.2) is 58.3 Å². The number of likely N-dealkylation sites (N-methyl/N-ethyl adjacent to an activating group) is 1. The molecule has 0 fully saturated rings. The van der Waals surface area contributed by atoms with Gasteiger partial charge in [-0.15, -0.1) is 0 Å². The Balaban J connectivity index is 2.38. The second-order valence-electron chi connectivity index (χ2n) is 9.05. The molecule has 0 bridgehead atoms. The Hall–Kier alpha value is -3.59. The number of ether oxygens (including phenoxy) is 1. The standard InChI is InChI=1S/C25H33N3O6/c1-15-10-9-11-16(2)20(15)27-22(31)21(17-12-7-8-13-19(17)30)28(6)23(32)18(14-29)26-24(33)34-25(3,4)5/h7-13,18,21,29-30H,14H2,1-6H3,(H,26,33)(H,27,31). The van der Waals surface area contributed by atoms with Gasteiger partial charge in [-0.05, 0) is 51.8 Å². The summed E-state index contributed by atoms with van der Waals surface area (Å²) in [5, 5.41) is 25.4. The molecule has 2 aromatic carbocycles. The number of phenols is 1. The Kier molecular flexibility index (Phi) is 8.64. The van der Waals surface area contributed by atoms with E-state index in [4.69, 9.17) is 4.74 Å². The fourth-order valence-corrected chi connectivity index (χ4v) is 3.46. The van der Waals surface area contributed by atoms with E-state index >= 15 is 0 Å². The van der Waals surface area contributed by atoms with Gasteiger partial charge in [0.05, 0.1) is 6.61 Å². The monoisotopic (exact) mass is 471 g/mol. The molecule has 2 rings (SSSR count). The largest absolute Gasteiger partial charge is 0.508 e. The van der Waals surface area contributed by atoms with Gasteiger partial charge < -0.3 is 30.5 Å². The number of nitrogens with zero attached hydrogens (tertiary/aromatic N) is 1. The van der Waals surface area contributed by atoms with Gasteiger partial charge in [0.25, 0.3) is 5.91 Å². The minimum atomic E-state index is -1.36. The highest BCUT2D eigenvalue weighted by molar-refractivity contribution is 6.00. The lowest BCUT2D eigenvalue weighted by Crippen LogP contribution is -2.52. The first-order valence-corrected chi connectivity index (χ1v) is 10.9. The number of aliphatic hydroxyl groups is 1. The van der Waals surface area contributed by atoms with Crippen LogP contribution in [0.15, 0.2) is 42.5 Å². The fraction of sp³-hybridized carbons (Fsp3) is 0.400. The second kappa shape index (κ2) is 11.0. The first-order chi connectivity index (χ1) is 15.9. The number of aliphatic hydroxyl groups excluding tert-OH is 1. The number of nitrogens with one attached hydrogen (secondary N) is 2. The molecule has 0 radical (unpaired) electrons. The van der Waals surface area contributed by atoms with Crippen LogP contribution in [0.4, 0.5) is 10.5 Å². The normalized spacial score (nSPS) is 12.9. The molecule has 0 spiro atoms. The molecule has 2 aromatic rings. The number of rotatable bonds is 7. The highest BCUT2D eigenvalue weighted by atomic mass is 16.6. The zero-order valence-electron chi connectivity index (χ0n) is 20.4. The summed E-state index contributed by atoms with van der Waals surface area (Å²) in [6.45, 7) is 7.98. The third kappa shape index (κ3) is 6.71. The van der Waals surface area contributed by atoms with Gasteiger partial charge in [-0.2, -0.15) is 0 Å². The van der Waals surface area contributed by atoms with E-state index in [-0.39, 0.29) is 11.3 Å². The van der Waals surface area contributed by atoms with Crippen molar-refractivity contribution in [2.45, 2.75) is 52.3 Å². The van der Waals surface area contributed by atoms with Gasteiger partial charge in [0.1, 0.15) is 23.4 Å². The Morgan fingerprint density at radius 1 is 1.03 bits per heavy atom. The van der Waals surface area contributed by atoms with Gasteiger partial charge >= 0.3 is 6.09 Å². The van der Waals surface area contributed by atoms with E-state index in [1.807, 2.05) is 32.0 Å². The highest BCUT2D eigenvalue weighted by Crippen LogP contribution is 2.30. The van der Waals surface area contributed by atoms with E-state index < -0.39 is 42.2 Å². The van der Waals surface area contributed by atoms with Crippen molar-refractivity contribution < 1.29 is 29.3 Å². The summed E-state index contributed by atoms with van der Waals surface area (Å²) in [5.74, 6) is -1.48. The van der Waals surface area contributed by atoms with E-state index in [2.05, 4.69) is 10.6 Å². The smallest absolute Gasteiger partial charge is 0.408 e. The quantitative estimate of drug-likeness (QED) is 0.491. The van der Waals surface area contributed by atoms with Crippen molar-refractivity contribution in [3.8, 4) is 5.75 Å². The van der Waals surface area contributed by atoms with Crippen LogP contribution >= 0.6 is 0 Å². The average molecular weight is 472 g/mol. The third-order valence-electron chi connectivity index (χ3n) is 5.12. The average Bonchev–Trinajstić information content (AvgIpc) is 2.74. The summed E-state index contributed by atoms with van der Waals surface area (Å²) in [6, 6.07) is 9.13. The molecule has 9 nitrogen and oxygen atoms in total. The number of carbonyl (C=O) groups is 3. The number of aryl methyl sites for hydroxylation is 2. The Labute approximate surface area is 199 Å². The van der Waals surface area contributed by atoms with Crippen LogP contribution in [0.1, 0.15) is 43.5 Å². The molecule has 0 aromatic heterocycles. The van der Waals surface area contributed by atoms with Crippen LogP contribution in [0.3, 0.4) is 0 Å². The predicted molar refractivity (Wildman–Crippen MR) is 128 cm³/mol. The molecule has 0 aliphatic heterocycles. The summed E-state index contributed by atoms with van der Waals surface area (Å²) in [5.41, 5.74) is 1.65. The molecule has 2 unspecified atom stereocenters. The van der Waals surface area contributed by atoms with Crippen molar-refractivity contribution in [3.05, 3.63) is 59.2 Å². The van der Waals surface area contributed by atoms with E-state index in [9.17, 15) is 24.6 Å². The summed E-state index contributed by atoms with van der Waals surface area (Å²) in [6.07, 6.45) is -0.882. The maximum absolute atomic E-state index is 13.4. The van der Waals surface area contributed by atoms with Crippen LogP contribution in [0.5, 0.6) is 5.75 Å². The second-order valence-corrected chi connectivity index (χ2v) is 9.05. The molecule has 34 heavy (non-hydrogen) atoms. The van der Waals surface area contributed by atoms with Crippen LogP contribution in [0, 0.1) is 13.8 Å². The summed E-state index contributed by atoms with van der Waals surface area (Å²) < 4.78 is 5.17. The Bertz CT molecular complexity index is 1030. The molecular weight excluding hydrogens is 438 g/mol. The van der Waals surface area contributed by atoms with Crippen molar-refractivity contribution in [2.24, 2.45) is 0 Å². The Morgan fingerprint density at radius 3 is 2.15 bits per heavy atom. The van der Waals surface area contributed by atoms with Crippen LogP contribution in [0.25, 0.3) is 0 Å². The summed E-state index contributed by atoms with van der Waals surface area (Å²) in [7, 11) is 1.36. The number of phenolic OH excluding ortho intramolecular Hbond substituents is 1. The van der Waals surface area contributed by atoms with Gasteiger partial charge in [-0.1, -0.05) is 36.4 Å². The van der Waals surface area contributed by atoms with E-state index in [0.29, 0.717) is 5.69 Å². The van der Waals surface area contributed by atoms with Gasteiger partial charge in [0, 0.05) is 18.3 Å². The lowest BCUT2D eigenvalue weighted by Gasteiger charge is -2.31. The van der Waals surface area contributed by atoms with Gasteiger partial charge in [0.2, 0.25) is 5.91 Å². The third-order valence-corrected chi connectivity index (χ3v) is 5.12. The van der Waals surface area contributed by atoms with E-state index in [0.717, 1.165) is 16.0 Å². The lowest BCUT2D eigenvalue weighted by atomic mass is 10.0. The highest BCUT2D eigenvalue weighted by Gasteiger charge is 2.35. The zero-order chi connectivity index (χ0) is 25.6. The summed E-state index contributed by atoms with van der Waals surface area (Å²) >= 11 is 0. The first kappa shape index (κ1) is 26.7. The van der Waals surface area contributed by atoms with Crippen molar-refractivity contribution in [3.63, 3.8) is 0 Å². The molecule has 4 N–H and O–H groups in total. The molecule has 3 amide bonds. The maximum Gasteiger partial charge on any atom is 0.408 e. The number of amides is 3. The minimum absolute atomic E-state index is 0.176. The first-order valence-electron chi connectivity index (χ1n) is 10.9. The topological polar surface area (TPSA) is 128 Å². The van der Waals surface area contributed by atoms with Gasteiger partial charge in [0.15, 0.2) is 0 Å². The van der Waals surface area contributed by atoms with Crippen molar-refractivity contribution in [2.75, 3.05) is 19.0 Å². The molecule has 0 aliphatic carbocycles. The Morgan fingerprint density at radius 2 is 1.62 bits per heavy atom. The molecule has 184 valence electrons. The molecule has 0 saturated carbocycles. The zero-order valence-corrected chi connectivity index (χ0v) is 20.4. The van der Waals surface area contributed by atoms with Crippen LogP contribution in [0.2, 0.25) is 0 Å². The molecule has 0 heterocycles. The maximum atomic E-state index is 13.4. The summed E-state index contributed by atoms with van der Waals surface area (Å²) in [4.78, 5) is 39.9. The van der Waals surface area contributed by atoms with Crippen LogP contribution < -0.4 is 10.6 Å². The minimum Gasteiger partial charge on any atom is -0.508 e. The number of carbonyl (C=O) groups excluding carboxylic acids is 3. The number of hydrogen-bond acceptors (Lipinski definition) is 6. The number of anilines is 1. The van der Waals surface area contributed by atoms with Crippen molar-refractivity contribution >= 4 is 23.6 Å².